The molecule has 0 spiro atoms. The molecule has 2 fully saturated rings. The number of β-amino-alcohol motifs (C(OH)–C–C–N with tert-alkyl or cyclic N) is 1. The number of nitrogens with zero attached hydrogens (tertiary/aromatic N) is 1. The molecule has 6 heteroatoms. The first-order valence-corrected chi connectivity index (χ1v) is 5.90. The van der Waals surface area contributed by atoms with Gasteiger partial charge in [-0.05, 0) is 19.3 Å². The lowest BCUT2D eigenvalue weighted by Crippen LogP contribution is -2.52. The molecular formula is C11H18N2O4. The number of carbonyl (C=O) groups excluding carboxylic acids is 1. The molecule has 1 amide bonds. The van der Waals surface area contributed by atoms with Crippen LogP contribution in [0.25, 0.3) is 0 Å². The van der Waals surface area contributed by atoms with Gasteiger partial charge in [-0.1, -0.05) is 0 Å². The van der Waals surface area contributed by atoms with Crippen molar-refractivity contribution < 1.29 is 19.8 Å². The van der Waals surface area contributed by atoms with Crippen molar-refractivity contribution in [2.75, 3.05) is 6.54 Å². The number of nitrogens with two attached hydrogens (primary N) is 1. The number of hydrogen-bond acceptors (Lipinski definition) is 4. The number of hydrogen-bond donors (Lipinski definition) is 3. The molecule has 96 valence electrons. The van der Waals surface area contributed by atoms with Crippen LogP contribution in [0.2, 0.25) is 0 Å². The largest absolute Gasteiger partial charge is 0.480 e. The lowest BCUT2D eigenvalue weighted by atomic mass is 9.75. The Hall–Kier alpha value is -1.14. The number of likely N-dealkylation sites (tertiary alicyclic amines) is 1. The SMILES string of the molecule is NC1(CC(=O)N2C[C@H](O)C[C@H]2C(=O)O)CCC1. The van der Waals surface area contributed by atoms with E-state index in [0.717, 1.165) is 19.3 Å². The van der Waals surface area contributed by atoms with Crippen LogP contribution in [0.1, 0.15) is 32.1 Å². The van der Waals surface area contributed by atoms with E-state index in [1.54, 1.807) is 0 Å². The van der Waals surface area contributed by atoms with Crippen molar-refractivity contribution in [2.45, 2.75) is 49.8 Å². The average Bonchev–Trinajstić information content (AvgIpc) is 2.58. The van der Waals surface area contributed by atoms with Crippen molar-refractivity contribution in [3.63, 3.8) is 0 Å². The normalized spacial score (nSPS) is 31.1. The molecule has 2 aliphatic rings. The van der Waals surface area contributed by atoms with E-state index in [2.05, 4.69) is 0 Å². The van der Waals surface area contributed by atoms with Crippen molar-refractivity contribution in [1.29, 1.82) is 0 Å². The Morgan fingerprint density at radius 3 is 2.53 bits per heavy atom. The molecule has 6 nitrogen and oxygen atoms in total. The van der Waals surface area contributed by atoms with Crippen LogP contribution in [0.3, 0.4) is 0 Å². The molecule has 0 aromatic heterocycles. The molecule has 0 unspecified atom stereocenters. The smallest absolute Gasteiger partial charge is 0.326 e. The highest BCUT2D eigenvalue weighted by Crippen LogP contribution is 2.33. The van der Waals surface area contributed by atoms with Crippen LogP contribution in [0.15, 0.2) is 0 Å². The number of carboxylic acid groups (broad SMARTS) is 1. The maximum absolute atomic E-state index is 12.0. The Morgan fingerprint density at radius 2 is 2.06 bits per heavy atom. The summed E-state index contributed by atoms with van der Waals surface area (Å²) in [5.74, 6) is -1.31. The maximum atomic E-state index is 12.0. The van der Waals surface area contributed by atoms with Gasteiger partial charge in [-0.2, -0.15) is 0 Å². The van der Waals surface area contributed by atoms with E-state index in [1.807, 2.05) is 0 Å². The zero-order valence-corrected chi connectivity index (χ0v) is 9.63. The summed E-state index contributed by atoms with van der Waals surface area (Å²) < 4.78 is 0. The van der Waals surface area contributed by atoms with E-state index in [4.69, 9.17) is 10.8 Å². The van der Waals surface area contributed by atoms with Gasteiger partial charge < -0.3 is 20.8 Å². The molecule has 0 radical (unpaired) electrons. The fourth-order valence-electron chi connectivity index (χ4n) is 2.53. The van der Waals surface area contributed by atoms with Gasteiger partial charge in [0.1, 0.15) is 6.04 Å². The molecule has 0 bridgehead atoms. The predicted molar refractivity (Wildman–Crippen MR) is 59.1 cm³/mol. The molecule has 2 atom stereocenters. The third-order valence-electron chi connectivity index (χ3n) is 3.74. The van der Waals surface area contributed by atoms with Gasteiger partial charge in [0, 0.05) is 24.9 Å². The Balaban J connectivity index is 2.00. The fraction of sp³-hybridized carbons (Fsp3) is 0.818. The van der Waals surface area contributed by atoms with Gasteiger partial charge in [0.05, 0.1) is 6.10 Å². The first kappa shape index (κ1) is 12.3. The summed E-state index contributed by atoms with van der Waals surface area (Å²) in [7, 11) is 0. The third kappa shape index (κ3) is 2.42. The van der Waals surface area contributed by atoms with E-state index in [9.17, 15) is 14.7 Å². The molecule has 2 rings (SSSR count). The van der Waals surface area contributed by atoms with E-state index >= 15 is 0 Å². The van der Waals surface area contributed by atoms with E-state index < -0.39 is 23.7 Å². The predicted octanol–water partition coefficient (Wildman–Crippen LogP) is -0.696. The van der Waals surface area contributed by atoms with Gasteiger partial charge >= 0.3 is 5.97 Å². The molecule has 1 aliphatic carbocycles. The Bertz CT molecular complexity index is 340. The Labute approximate surface area is 99.4 Å². The van der Waals surface area contributed by atoms with Crippen molar-refractivity contribution in [2.24, 2.45) is 5.73 Å². The zero-order valence-electron chi connectivity index (χ0n) is 9.63. The summed E-state index contributed by atoms with van der Waals surface area (Å²) in [4.78, 5) is 24.2. The summed E-state index contributed by atoms with van der Waals surface area (Å²) in [6.07, 6.45) is 2.20. The standard InChI is InChI=1S/C11H18N2O4/c12-11(2-1-3-11)5-9(15)13-6-7(14)4-8(13)10(16)17/h7-8,14H,1-6,12H2,(H,16,17)/t7-,8+/m1/s1. The lowest BCUT2D eigenvalue weighted by Gasteiger charge is -2.38. The number of aliphatic carboxylic acids is 1. The summed E-state index contributed by atoms with van der Waals surface area (Å²) in [5.41, 5.74) is 5.52. The quantitative estimate of drug-likeness (QED) is 0.607. The molecule has 1 heterocycles. The summed E-state index contributed by atoms with van der Waals surface area (Å²) in [6, 6.07) is -0.902. The molecular weight excluding hydrogens is 224 g/mol. The van der Waals surface area contributed by atoms with Crippen molar-refractivity contribution in [1.82, 2.24) is 4.90 Å². The van der Waals surface area contributed by atoms with Crippen molar-refractivity contribution >= 4 is 11.9 Å². The molecule has 0 aromatic carbocycles. The van der Waals surface area contributed by atoms with Gasteiger partial charge in [-0.3, -0.25) is 4.79 Å². The van der Waals surface area contributed by atoms with E-state index in [1.165, 1.54) is 4.90 Å². The van der Waals surface area contributed by atoms with Crippen molar-refractivity contribution in [3.05, 3.63) is 0 Å². The maximum Gasteiger partial charge on any atom is 0.326 e. The second kappa shape index (κ2) is 4.27. The van der Waals surface area contributed by atoms with Gasteiger partial charge in [-0.15, -0.1) is 0 Å². The molecule has 0 aromatic rings. The molecule has 1 saturated heterocycles. The average molecular weight is 242 g/mol. The van der Waals surface area contributed by atoms with Crippen LogP contribution in [0, 0.1) is 0 Å². The summed E-state index contributed by atoms with van der Waals surface area (Å²) >= 11 is 0. The lowest BCUT2D eigenvalue weighted by molar-refractivity contribution is -0.149. The van der Waals surface area contributed by atoms with E-state index in [-0.39, 0.29) is 25.3 Å². The van der Waals surface area contributed by atoms with Crippen LogP contribution in [-0.4, -0.2) is 51.2 Å². The fourth-order valence-corrected chi connectivity index (χ4v) is 2.53. The second-order valence-corrected chi connectivity index (χ2v) is 5.18. The number of rotatable bonds is 3. The van der Waals surface area contributed by atoms with Crippen LogP contribution in [0.4, 0.5) is 0 Å². The molecule has 4 N–H and O–H groups in total. The molecule has 1 aliphatic heterocycles. The topological polar surface area (TPSA) is 104 Å². The second-order valence-electron chi connectivity index (χ2n) is 5.18. The number of carboxylic acids is 1. The van der Waals surface area contributed by atoms with Crippen LogP contribution < -0.4 is 5.73 Å². The Morgan fingerprint density at radius 1 is 1.41 bits per heavy atom. The first-order chi connectivity index (χ1) is 7.91. The highest BCUT2D eigenvalue weighted by atomic mass is 16.4. The van der Waals surface area contributed by atoms with Gasteiger partial charge in [-0.25, -0.2) is 4.79 Å². The molecule has 1 saturated carbocycles. The highest BCUT2D eigenvalue weighted by molar-refractivity contribution is 5.85. The zero-order chi connectivity index (χ0) is 12.6. The Kier molecular flexibility index (Phi) is 3.09. The highest BCUT2D eigenvalue weighted by Gasteiger charge is 2.42. The number of amides is 1. The van der Waals surface area contributed by atoms with Gasteiger partial charge in [0.2, 0.25) is 5.91 Å². The summed E-state index contributed by atoms with van der Waals surface area (Å²) in [5, 5.41) is 18.4. The van der Waals surface area contributed by atoms with Crippen LogP contribution in [-0.2, 0) is 9.59 Å². The van der Waals surface area contributed by atoms with E-state index in [0.29, 0.717) is 0 Å². The number of carbonyl (C=O) groups is 2. The molecule has 17 heavy (non-hydrogen) atoms. The van der Waals surface area contributed by atoms with Crippen molar-refractivity contribution in [3.8, 4) is 0 Å². The van der Waals surface area contributed by atoms with Gasteiger partial charge in [0.25, 0.3) is 0 Å². The third-order valence-corrected chi connectivity index (χ3v) is 3.74. The first-order valence-electron chi connectivity index (χ1n) is 5.90. The van der Waals surface area contributed by atoms with Crippen LogP contribution in [0.5, 0.6) is 0 Å². The minimum Gasteiger partial charge on any atom is -0.480 e. The van der Waals surface area contributed by atoms with Gasteiger partial charge in [0.15, 0.2) is 0 Å². The minimum absolute atomic E-state index is 0.103. The monoisotopic (exact) mass is 242 g/mol. The summed E-state index contributed by atoms with van der Waals surface area (Å²) in [6.45, 7) is 0.103. The minimum atomic E-state index is -1.06. The number of aliphatic hydroxyl groups is 1. The number of aliphatic hydroxyl groups excluding tert-OH is 1. The van der Waals surface area contributed by atoms with Crippen LogP contribution >= 0.6 is 0 Å².